The lowest BCUT2D eigenvalue weighted by atomic mass is 9.89. The van der Waals surface area contributed by atoms with E-state index in [4.69, 9.17) is 0 Å². The number of carbonyl (C=O) groups excluding carboxylic acids is 1. The highest BCUT2D eigenvalue weighted by Crippen LogP contribution is 2.24. The average molecular weight is 223 g/mol. The predicted molar refractivity (Wildman–Crippen MR) is 64.1 cm³/mol. The number of rotatable bonds is 5. The van der Waals surface area contributed by atoms with Crippen molar-refractivity contribution in [3.63, 3.8) is 0 Å². The molecule has 0 aliphatic heterocycles. The maximum atomic E-state index is 13.5. The van der Waals surface area contributed by atoms with E-state index in [0.29, 0.717) is 12.2 Å². The van der Waals surface area contributed by atoms with Crippen molar-refractivity contribution in [3.8, 4) is 0 Å². The fourth-order valence-corrected chi connectivity index (χ4v) is 1.62. The van der Waals surface area contributed by atoms with Gasteiger partial charge in [0.2, 0.25) is 0 Å². The van der Waals surface area contributed by atoms with Crippen molar-refractivity contribution in [2.45, 2.75) is 20.3 Å². The van der Waals surface area contributed by atoms with Crippen LogP contribution in [0, 0.1) is 11.2 Å². The van der Waals surface area contributed by atoms with E-state index >= 15 is 0 Å². The molecule has 16 heavy (non-hydrogen) atoms. The minimum atomic E-state index is -0.420. The summed E-state index contributed by atoms with van der Waals surface area (Å²) in [6.45, 7) is 4.37. The van der Waals surface area contributed by atoms with Crippen LogP contribution in [0.25, 0.3) is 0 Å². The monoisotopic (exact) mass is 223 g/mol. The third kappa shape index (κ3) is 2.81. The zero-order valence-corrected chi connectivity index (χ0v) is 10.0. The predicted octanol–water partition coefficient (Wildman–Crippen LogP) is 2.88. The number of hydrogen-bond donors (Lipinski definition) is 0. The van der Waals surface area contributed by atoms with Crippen LogP contribution < -0.4 is 4.90 Å². The fraction of sp³-hybridized carbons (Fsp3) is 0.462. The molecule has 1 atom stereocenters. The second kappa shape index (κ2) is 5.10. The van der Waals surface area contributed by atoms with Crippen LogP contribution in [0.15, 0.2) is 24.3 Å². The summed E-state index contributed by atoms with van der Waals surface area (Å²) in [5.41, 5.74) is 0.112. The Bertz CT molecular complexity index is 367. The minimum Gasteiger partial charge on any atom is -0.371 e. The number of benzene rings is 1. The first-order valence-corrected chi connectivity index (χ1v) is 5.44. The molecule has 0 bridgehead atoms. The van der Waals surface area contributed by atoms with E-state index in [1.807, 2.05) is 13.8 Å². The SMILES string of the molecule is CCC(C)(C=O)CN(C)c1ccccc1F. The first kappa shape index (κ1) is 12.7. The molecule has 88 valence electrons. The minimum absolute atomic E-state index is 0.255. The van der Waals surface area contributed by atoms with Gasteiger partial charge in [-0.2, -0.15) is 0 Å². The lowest BCUT2D eigenvalue weighted by molar-refractivity contribution is -0.115. The molecule has 1 unspecified atom stereocenters. The highest BCUT2D eigenvalue weighted by molar-refractivity contribution is 5.61. The molecule has 1 aromatic rings. The van der Waals surface area contributed by atoms with Crippen molar-refractivity contribution in [1.82, 2.24) is 0 Å². The van der Waals surface area contributed by atoms with E-state index in [1.54, 1.807) is 30.1 Å². The number of hydrogen-bond acceptors (Lipinski definition) is 2. The second-order valence-corrected chi connectivity index (χ2v) is 4.43. The van der Waals surface area contributed by atoms with E-state index in [2.05, 4.69) is 0 Å². The van der Waals surface area contributed by atoms with Gasteiger partial charge in [0.05, 0.1) is 5.69 Å². The summed E-state index contributed by atoms with van der Waals surface area (Å²) >= 11 is 0. The summed E-state index contributed by atoms with van der Waals surface area (Å²) in [6.07, 6.45) is 1.69. The molecular weight excluding hydrogens is 205 g/mol. The zero-order chi connectivity index (χ0) is 12.2. The van der Waals surface area contributed by atoms with Crippen molar-refractivity contribution in [3.05, 3.63) is 30.1 Å². The van der Waals surface area contributed by atoms with Crippen LogP contribution in [0.5, 0.6) is 0 Å². The molecule has 0 fully saturated rings. The molecule has 1 aromatic carbocycles. The maximum Gasteiger partial charge on any atom is 0.146 e. The Labute approximate surface area is 96.1 Å². The molecule has 1 rings (SSSR count). The summed E-state index contributed by atoms with van der Waals surface area (Å²) in [4.78, 5) is 12.8. The van der Waals surface area contributed by atoms with E-state index < -0.39 is 5.41 Å². The third-order valence-corrected chi connectivity index (χ3v) is 2.95. The molecule has 0 aromatic heterocycles. The van der Waals surface area contributed by atoms with E-state index in [0.717, 1.165) is 12.7 Å². The second-order valence-electron chi connectivity index (χ2n) is 4.43. The van der Waals surface area contributed by atoms with Crippen LogP contribution >= 0.6 is 0 Å². The molecule has 0 saturated carbocycles. The van der Waals surface area contributed by atoms with Gasteiger partial charge in [0.15, 0.2) is 0 Å². The molecule has 3 heteroatoms. The first-order chi connectivity index (χ1) is 7.52. The number of para-hydroxylation sites is 1. The summed E-state index contributed by atoms with van der Waals surface area (Å²) < 4.78 is 13.5. The van der Waals surface area contributed by atoms with Crippen LogP contribution in [0.4, 0.5) is 10.1 Å². The number of anilines is 1. The molecule has 0 N–H and O–H groups in total. The van der Waals surface area contributed by atoms with E-state index in [1.165, 1.54) is 6.07 Å². The molecule has 2 nitrogen and oxygen atoms in total. The molecule has 0 radical (unpaired) electrons. The Morgan fingerprint density at radius 1 is 1.44 bits per heavy atom. The molecule has 0 saturated heterocycles. The lowest BCUT2D eigenvalue weighted by Gasteiger charge is -2.29. The van der Waals surface area contributed by atoms with E-state index in [-0.39, 0.29) is 5.82 Å². The standard InChI is InChI=1S/C13H18FNO/c1-4-13(2,10-16)9-15(3)12-8-6-5-7-11(12)14/h5-8,10H,4,9H2,1-3H3. The normalized spacial score (nSPS) is 14.2. The Morgan fingerprint density at radius 3 is 2.56 bits per heavy atom. The van der Waals surface area contributed by atoms with Crippen LogP contribution in [-0.4, -0.2) is 19.9 Å². The van der Waals surface area contributed by atoms with Crippen LogP contribution in [-0.2, 0) is 4.79 Å². The Hall–Kier alpha value is -1.38. The molecule has 0 amide bonds. The maximum absolute atomic E-state index is 13.5. The first-order valence-electron chi connectivity index (χ1n) is 5.44. The van der Waals surface area contributed by atoms with E-state index in [9.17, 15) is 9.18 Å². The highest BCUT2D eigenvalue weighted by atomic mass is 19.1. The Kier molecular flexibility index (Phi) is 4.05. The van der Waals surface area contributed by atoms with Crippen molar-refractivity contribution in [2.24, 2.45) is 5.41 Å². The molecule has 0 aliphatic rings. The van der Waals surface area contributed by atoms with Gasteiger partial charge in [0, 0.05) is 19.0 Å². The quantitative estimate of drug-likeness (QED) is 0.715. The van der Waals surface area contributed by atoms with Crippen LogP contribution in [0.2, 0.25) is 0 Å². The number of nitrogens with zero attached hydrogens (tertiary/aromatic N) is 1. The van der Waals surface area contributed by atoms with Gasteiger partial charge >= 0.3 is 0 Å². The van der Waals surface area contributed by atoms with Gasteiger partial charge in [-0.1, -0.05) is 26.0 Å². The lowest BCUT2D eigenvalue weighted by Crippen LogP contribution is -2.34. The zero-order valence-electron chi connectivity index (χ0n) is 10.0. The van der Waals surface area contributed by atoms with Gasteiger partial charge in [-0.15, -0.1) is 0 Å². The summed E-state index contributed by atoms with van der Waals surface area (Å²) in [6, 6.07) is 6.59. The fourth-order valence-electron chi connectivity index (χ4n) is 1.62. The smallest absolute Gasteiger partial charge is 0.146 e. The number of carbonyl (C=O) groups is 1. The van der Waals surface area contributed by atoms with Gasteiger partial charge in [0.25, 0.3) is 0 Å². The summed E-state index contributed by atoms with van der Waals surface area (Å²) in [7, 11) is 1.80. The number of aldehydes is 1. The van der Waals surface area contributed by atoms with Crippen molar-refractivity contribution >= 4 is 12.0 Å². The topological polar surface area (TPSA) is 20.3 Å². The highest BCUT2D eigenvalue weighted by Gasteiger charge is 2.24. The Balaban J connectivity index is 2.84. The van der Waals surface area contributed by atoms with Gasteiger partial charge < -0.3 is 9.69 Å². The van der Waals surface area contributed by atoms with Crippen molar-refractivity contribution in [1.29, 1.82) is 0 Å². The van der Waals surface area contributed by atoms with Gasteiger partial charge in [-0.25, -0.2) is 4.39 Å². The Morgan fingerprint density at radius 2 is 2.06 bits per heavy atom. The van der Waals surface area contributed by atoms with Gasteiger partial charge in [0.1, 0.15) is 12.1 Å². The van der Waals surface area contributed by atoms with Gasteiger partial charge in [-0.05, 0) is 18.6 Å². The molecule has 0 aliphatic carbocycles. The van der Waals surface area contributed by atoms with Crippen molar-refractivity contribution in [2.75, 3.05) is 18.5 Å². The van der Waals surface area contributed by atoms with Crippen molar-refractivity contribution < 1.29 is 9.18 Å². The third-order valence-electron chi connectivity index (χ3n) is 2.95. The molecule has 0 spiro atoms. The van der Waals surface area contributed by atoms with Crippen LogP contribution in [0.1, 0.15) is 20.3 Å². The summed E-state index contributed by atoms with van der Waals surface area (Å²) in [5.74, 6) is -0.255. The molecule has 0 heterocycles. The average Bonchev–Trinajstić information content (AvgIpc) is 2.29. The molecular formula is C13H18FNO. The van der Waals surface area contributed by atoms with Crippen LogP contribution in [0.3, 0.4) is 0 Å². The van der Waals surface area contributed by atoms with Gasteiger partial charge in [-0.3, -0.25) is 0 Å². The summed E-state index contributed by atoms with van der Waals surface area (Å²) in [5, 5.41) is 0. The number of halogens is 1. The largest absolute Gasteiger partial charge is 0.371 e.